The Balaban J connectivity index is 1.83. The maximum Gasteiger partial charge on any atom is 0.272 e. The number of hydrogen-bond acceptors (Lipinski definition) is 4. The number of nitrogens with one attached hydrogen (secondary N) is 1. The average Bonchev–Trinajstić information content (AvgIpc) is 2.52. The van der Waals surface area contributed by atoms with E-state index in [-0.39, 0.29) is 5.91 Å². The number of aromatic nitrogens is 2. The molecule has 1 unspecified atom stereocenters. The molecule has 1 amide bonds. The van der Waals surface area contributed by atoms with Gasteiger partial charge in [0.05, 0.1) is 0 Å². The summed E-state index contributed by atoms with van der Waals surface area (Å²) in [6, 6.07) is 6.83. The summed E-state index contributed by atoms with van der Waals surface area (Å²) >= 11 is 12.1. The van der Waals surface area contributed by atoms with Gasteiger partial charge in [-0.25, -0.2) is 9.97 Å². The Morgan fingerprint density at radius 1 is 1.20 bits per heavy atom. The SMILES string of the molecule is Cc1nc(Nc2cc(Cl)cc(Cl)c2)cc(C(=O)N2CCCC(C)C2)n1. The van der Waals surface area contributed by atoms with Crippen LogP contribution >= 0.6 is 23.2 Å². The Bertz CT molecular complexity index is 776. The molecule has 1 aliphatic rings. The average molecular weight is 379 g/mol. The van der Waals surface area contributed by atoms with Crippen LogP contribution < -0.4 is 5.32 Å². The topological polar surface area (TPSA) is 58.1 Å². The van der Waals surface area contributed by atoms with Crippen molar-refractivity contribution in [3.8, 4) is 0 Å². The fourth-order valence-electron chi connectivity index (χ4n) is 3.05. The molecule has 1 saturated heterocycles. The molecule has 7 heteroatoms. The lowest BCUT2D eigenvalue weighted by molar-refractivity contribution is 0.0676. The smallest absolute Gasteiger partial charge is 0.272 e. The van der Waals surface area contributed by atoms with Crippen molar-refractivity contribution in [1.29, 1.82) is 0 Å². The van der Waals surface area contributed by atoms with Gasteiger partial charge in [-0.15, -0.1) is 0 Å². The monoisotopic (exact) mass is 378 g/mol. The fraction of sp³-hybridized carbons (Fsp3) is 0.389. The molecule has 25 heavy (non-hydrogen) atoms. The minimum absolute atomic E-state index is 0.0516. The summed E-state index contributed by atoms with van der Waals surface area (Å²) in [4.78, 5) is 23.3. The maximum atomic E-state index is 12.8. The number of piperidine rings is 1. The Hall–Kier alpha value is -1.85. The van der Waals surface area contributed by atoms with Gasteiger partial charge >= 0.3 is 0 Å². The number of likely N-dealkylation sites (tertiary alicyclic amines) is 1. The van der Waals surface area contributed by atoms with Crippen molar-refractivity contribution < 1.29 is 4.79 Å². The van der Waals surface area contributed by atoms with Gasteiger partial charge < -0.3 is 10.2 Å². The summed E-state index contributed by atoms with van der Waals surface area (Å²) in [7, 11) is 0. The lowest BCUT2D eigenvalue weighted by Gasteiger charge is -2.30. The summed E-state index contributed by atoms with van der Waals surface area (Å²) in [5.41, 5.74) is 1.11. The largest absolute Gasteiger partial charge is 0.340 e. The quantitative estimate of drug-likeness (QED) is 0.839. The van der Waals surface area contributed by atoms with E-state index in [4.69, 9.17) is 23.2 Å². The third-order valence-corrected chi connectivity index (χ3v) is 4.57. The van der Waals surface area contributed by atoms with Crippen LogP contribution in [0.1, 0.15) is 36.1 Å². The molecule has 0 saturated carbocycles. The highest BCUT2D eigenvalue weighted by molar-refractivity contribution is 6.35. The van der Waals surface area contributed by atoms with Gasteiger partial charge in [0.2, 0.25) is 0 Å². The van der Waals surface area contributed by atoms with E-state index in [0.29, 0.717) is 39.0 Å². The van der Waals surface area contributed by atoms with E-state index in [1.165, 1.54) is 0 Å². The molecule has 1 aliphatic heterocycles. The summed E-state index contributed by atoms with van der Waals surface area (Å²) in [6.45, 7) is 5.49. The lowest BCUT2D eigenvalue weighted by atomic mass is 10.00. The molecule has 1 N–H and O–H groups in total. The Morgan fingerprint density at radius 2 is 1.92 bits per heavy atom. The molecule has 1 fully saturated rings. The summed E-state index contributed by atoms with van der Waals surface area (Å²) in [6.07, 6.45) is 2.19. The first-order valence-electron chi connectivity index (χ1n) is 8.29. The van der Waals surface area contributed by atoms with Gasteiger partial charge in [0.25, 0.3) is 5.91 Å². The van der Waals surface area contributed by atoms with E-state index >= 15 is 0 Å². The summed E-state index contributed by atoms with van der Waals surface area (Å²) in [5, 5.41) is 4.20. The van der Waals surface area contributed by atoms with Crippen molar-refractivity contribution in [3.05, 3.63) is 45.8 Å². The van der Waals surface area contributed by atoms with Crippen molar-refractivity contribution in [2.45, 2.75) is 26.7 Å². The first-order chi connectivity index (χ1) is 11.9. The van der Waals surface area contributed by atoms with E-state index in [1.54, 1.807) is 31.2 Å². The molecule has 1 atom stereocenters. The molecular weight excluding hydrogens is 359 g/mol. The van der Waals surface area contributed by atoms with Crippen molar-refractivity contribution in [2.75, 3.05) is 18.4 Å². The summed E-state index contributed by atoms with van der Waals surface area (Å²) in [5.74, 6) is 1.54. The zero-order valence-corrected chi connectivity index (χ0v) is 15.7. The van der Waals surface area contributed by atoms with Crippen LogP contribution in [0, 0.1) is 12.8 Å². The molecule has 0 bridgehead atoms. The molecule has 5 nitrogen and oxygen atoms in total. The zero-order chi connectivity index (χ0) is 18.0. The highest BCUT2D eigenvalue weighted by Gasteiger charge is 2.23. The third-order valence-electron chi connectivity index (χ3n) is 4.14. The van der Waals surface area contributed by atoms with E-state index in [9.17, 15) is 4.79 Å². The number of nitrogens with zero attached hydrogens (tertiary/aromatic N) is 3. The molecular formula is C18H20Cl2N4O. The Kier molecular flexibility index (Phi) is 5.45. The molecule has 0 spiro atoms. The van der Waals surface area contributed by atoms with E-state index in [2.05, 4.69) is 22.2 Å². The van der Waals surface area contributed by atoms with Crippen LogP contribution in [0.15, 0.2) is 24.3 Å². The molecule has 0 aliphatic carbocycles. The second kappa shape index (κ2) is 7.58. The van der Waals surface area contributed by atoms with Crippen LogP contribution in [-0.2, 0) is 0 Å². The van der Waals surface area contributed by atoms with Crippen molar-refractivity contribution >= 4 is 40.6 Å². The van der Waals surface area contributed by atoms with Crippen LogP contribution in [0.5, 0.6) is 0 Å². The Morgan fingerprint density at radius 3 is 2.60 bits per heavy atom. The number of carbonyl (C=O) groups excluding carboxylic acids is 1. The minimum atomic E-state index is -0.0516. The van der Waals surface area contributed by atoms with E-state index in [0.717, 1.165) is 25.9 Å². The summed E-state index contributed by atoms with van der Waals surface area (Å²) < 4.78 is 0. The highest BCUT2D eigenvalue weighted by atomic mass is 35.5. The number of anilines is 2. The lowest BCUT2D eigenvalue weighted by Crippen LogP contribution is -2.39. The number of hydrogen-bond donors (Lipinski definition) is 1. The van der Waals surface area contributed by atoms with E-state index < -0.39 is 0 Å². The van der Waals surface area contributed by atoms with Crippen LogP contribution in [0.2, 0.25) is 10.0 Å². The van der Waals surface area contributed by atoms with Crippen molar-refractivity contribution in [2.24, 2.45) is 5.92 Å². The van der Waals surface area contributed by atoms with Gasteiger partial charge in [0.15, 0.2) is 0 Å². The highest BCUT2D eigenvalue weighted by Crippen LogP contribution is 2.25. The molecule has 132 valence electrons. The van der Waals surface area contributed by atoms with Gasteiger partial charge in [-0.05, 0) is 43.9 Å². The maximum absolute atomic E-state index is 12.8. The number of benzene rings is 1. The first kappa shape index (κ1) is 18.0. The molecule has 2 heterocycles. The van der Waals surface area contributed by atoms with Gasteiger partial charge in [0, 0.05) is 34.9 Å². The van der Waals surface area contributed by atoms with Crippen molar-refractivity contribution in [3.63, 3.8) is 0 Å². The fourth-order valence-corrected chi connectivity index (χ4v) is 3.58. The predicted octanol–water partition coefficient (Wildman–Crippen LogP) is 4.71. The van der Waals surface area contributed by atoms with Gasteiger partial charge in [-0.2, -0.15) is 0 Å². The number of aryl methyl sites for hydroxylation is 1. The number of carbonyl (C=O) groups is 1. The van der Waals surface area contributed by atoms with Gasteiger partial charge in [-0.1, -0.05) is 30.1 Å². The molecule has 1 aromatic carbocycles. The van der Waals surface area contributed by atoms with Gasteiger partial charge in [0.1, 0.15) is 17.3 Å². The molecule has 2 aromatic rings. The van der Waals surface area contributed by atoms with Gasteiger partial charge in [-0.3, -0.25) is 4.79 Å². The number of rotatable bonds is 3. The standard InChI is InChI=1S/C18H20Cl2N4O/c1-11-4-3-5-24(10-11)18(25)16-9-17(22-12(2)21-16)23-15-7-13(19)6-14(20)8-15/h6-9,11H,3-5,10H2,1-2H3,(H,21,22,23). The van der Waals surface area contributed by atoms with E-state index in [1.807, 2.05) is 4.90 Å². The molecule has 1 aromatic heterocycles. The number of halogens is 2. The second-order valence-electron chi connectivity index (χ2n) is 6.47. The molecule has 0 radical (unpaired) electrons. The molecule has 3 rings (SSSR count). The first-order valence-corrected chi connectivity index (χ1v) is 9.04. The Labute approximate surface area is 157 Å². The number of amides is 1. The van der Waals surface area contributed by atoms with Crippen LogP contribution in [0.4, 0.5) is 11.5 Å². The second-order valence-corrected chi connectivity index (χ2v) is 7.34. The third kappa shape index (κ3) is 4.61. The van der Waals surface area contributed by atoms with Crippen LogP contribution in [0.3, 0.4) is 0 Å². The normalized spacial score (nSPS) is 17.4. The predicted molar refractivity (Wildman–Crippen MR) is 101 cm³/mol. The van der Waals surface area contributed by atoms with Crippen LogP contribution in [-0.4, -0.2) is 33.9 Å². The minimum Gasteiger partial charge on any atom is -0.340 e. The zero-order valence-electron chi connectivity index (χ0n) is 14.2. The van der Waals surface area contributed by atoms with Crippen LogP contribution in [0.25, 0.3) is 0 Å². The van der Waals surface area contributed by atoms with Crippen molar-refractivity contribution in [1.82, 2.24) is 14.9 Å².